The Hall–Kier alpha value is -1.02. The second-order valence-corrected chi connectivity index (χ2v) is 2.56. The molecular formula is C8H6ClNO. The molecule has 0 bridgehead atoms. The molecule has 11 heavy (non-hydrogen) atoms. The van der Waals surface area contributed by atoms with E-state index < -0.39 is 0 Å². The van der Waals surface area contributed by atoms with Crippen molar-refractivity contribution in [3.8, 4) is 0 Å². The number of aromatic nitrogens is 1. The van der Waals surface area contributed by atoms with Crippen LogP contribution in [0.5, 0.6) is 0 Å². The molecule has 0 unspecified atom stereocenters. The van der Waals surface area contributed by atoms with Crippen LogP contribution in [0.15, 0.2) is 29.0 Å². The second-order valence-electron chi connectivity index (χ2n) is 2.29. The summed E-state index contributed by atoms with van der Waals surface area (Å²) in [6.07, 6.45) is 3.34. The first-order chi connectivity index (χ1) is 5.40. The highest BCUT2D eigenvalue weighted by molar-refractivity contribution is 6.17. The molecule has 0 N–H and O–H groups in total. The van der Waals surface area contributed by atoms with Crippen LogP contribution in [0.2, 0.25) is 0 Å². The minimum absolute atomic E-state index is 0.494. The van der Waals surface area contributed by atoms with Crippen molar-refractivity contribution in [2.75, 3.05) is 0 Å². The number of pyridine rings is 1. The van der Waals surface area contributed by atoms with Crippen molar-refractivity contribution in [1.29, 1.82) is 0 Å². The zero-order valence-corrected chi connectivity index (χ0v) is 6.51. The molecule has 2 heterocycles. The second kappa shape index (κ2) is 2.55. The van der Waals surface area contributed by atoms with Crippen LogP contribution in [-0.4, -0.2) is 4.98 Å². The highest BCUT2D eigenvalue weighted by Crippen LogP contribution is 2.14. The first-order valence-electron chi connectivity index (χ1n) is 3.28. The van der Waals surface area contributed by atoms with Crippen molar-refractivity contribution in [3.05, 3.63) is 30.2 Å². The maximum atomic E-state index is 5.62. The van der Waals surface area contributed by atoms with Crippen LogP contribution in [-0.2, 0) is 5.88 Å². The number of nitrogens with zero attached hydrogens (tertiary/aromatic N) is 1. The number of halogens is 1. The van der Waals surface area contributed by atoms with Gasteiger partial charge in [-0.25, -0.2) is 4.98 Å². The third-order valence-electron chi connectivity index (χ3n) is 1.52. The molecule has 0 aliphatic carbocycles. The van der Waals surface area contributed by atoms with E-state index in [0.717, 1.165) is 10.9 Å². The van der Waals surface area contributed by atoms with E-state index in [0.29, 0.717) is 11.6 Å². The Kier molecular flexibility index (Phi) is 1.55. The van der Waals surface area contributed by atoms with Crippen LogP contribution in [0.25, 0.3) is 11.1 Å². The number of alkyl halides is 1. The van der Waals surface area contributed by atoms with Crippen LogP contribution < -0.4 is 0 Å². The third kappa shape index (κ3) is 1.10. The van der Waals surface area contributed by atoms with Crippen LogP contribution in [0.3, 0.4) is 0 Å². The van der Waals surface area contributed by atoms with E-state index >= 15 is 0 Å². The van der Waals surface area contributed by atoms with Gasteiger partial charge in [0, 0.05) is 17.5 Å². The first-order valence-corrected chi connectivity index (χ1v) is 3.82. The molecular weight excluding hydrogens is 162 g/mol. The molecule has 2 nitrogen and oxygen atoms in total. The fourth-order valence-electron chi connectivity index (χ4n) is 0.978. The number of furan rings is 1. The first kappa shape index (κ1) is 6.68. The monoisotopic (exact) mass is 167 g/mol. The van der Waals surface area contributed by atoms with E-state index in [9.17, 15) is 0 Å². The van der Waals surface area contributed by atoms with Gasteiger partial charge in [-0.15, -0.1) is 11.6 Å². The Morgan fingerprint density at radius 2 is 2.45 bits per heavy atom. The molecule has 0 saturated carbocycles. The predicted molar refractivity (Wildman–Crippen MR) is 43.6 cm³/mol. The fourth-order valence-corrected chi connectivity index (χ4v) is 1.12. The van der Waals surface area contributed by atoms with Gasteiger partial charge in [0.25, 0.3) is 0 Å². The lowest BCUT2D eigenvalue weighted by Gasteiger charge is -1.91. The Labute approximate surface area is 68.8 Å². The van der Waals surface area contributed by atoms with Gasteiger partial charge in [0.2, 0.25) is 5.71 Å². The van der Waals surface area contributed by atoms with Crippen molar-refractivity contribution in [1.82, 2.24) is 4.98 Å². The SMILES string of the molecule is ClCc1cnc2occc2c1. The molecule has 0 fully saturated rings. The standard InChI is InChI=1S/C8H6ClNO/c9-4-6-3-7-1-2-11-8(7)10-5-6/h1-3,5H,4H2. The summed E-state index contributed by atoms with van der Waals surface area (Å²) in [7, 11) is 0. The van der Waals surface area contributed by atoms with Gasteiger partial charge in [0.1, 0.15) is 0 Å². The molecule has 0 radical (unpaired) electrons. The van der Waals surface area contributed by atoms with Crippen molar-refractivity contribution in [2.24, 2.45) is 0 Å². The molecule has 2 aromatic rings. The zero-order valence-electron chi connectivity index (χ0n) is 5.75. The van der Waals surface area contributed by atoms with Gasteiger partial charge in [0.15, 0.2) is 0 Å². The summed E-state index contributed by atoms with van der Waals surface area (Å²) in [5.74, 6) is 0.494. The maximum Gasteiger partial charge on any atom is 0.225 e. The van der Waals surface area contributed by atoms with Gasteiger partial charge in [-0.3, -0.25) is 0 Å². The predicted octanol–water partition coefficient (Wildman–Crippen LogP) is 2.57. The smallest absolute Gasteiger partial charge is 0.225 e. The number of hydrogen-bond donors (Lipinski definition) is 0. The average molecular weight is 168 g/mol. The molecule has 0 saturated heterocycles. The molecule has 2 rings (SSSR count). The Bertz CT molecular complexity index is 369. The number of hydrogen-bond acceptors (Lipinski definition) is 2. The molecule has 0 amide bonds. The topological polar surface area (TPSA) is 26.0 Å². The van der Waals surface area contributed by atoms with Crippen LogP contribution in [0.1, 0.15) is 5.56 Å². The summed E-state index contributed by atoms with van der Waals surface area (Å²) in [5.41, 5.74) is 1.68. The molecule has 0 spiro atoms. The Balaban J connectivity index is 2.67. The van der Waals surface area contributed by atoms with Gasteiger partial charge in [-0.05, 0) is 17.7 Å². The summed E-state index contributed by atoms with van der Waals surface area (Å²) in [4.78, 5) is 4.06. The summed E-state index contributed by atoms with van der Waals surface area (Å²) >= 11 is 5.62. The van der Waals surface area contributed by atoms with Gasteiger partial charge < -0.3 is 4.42 Å². The maximum absolute atomic E-state index is 5.62. The van der Waals surface area contributed by atoms with E-state index in [1.54, 1.807) is 12.5 Å². The van der Waals surface area contributed by atoms with E-state index in [4.69, 9.17) is 16.0 Å². The van der Waals surface area contributed by atoms with E-state index in [1.165, 1.54) is 0 Å². The number of fused-ring (bicyclic) bond motifs is 1. The molecule has 3 heteroatoms. The van der Waals surface area contributed by atoms with Crippen molar-refractivity contribution >= 4 is 22.7 Å². The zero-order chi connectivity index (χ0) is 7.68. The molecule has 0 aliphatic rings. The van der Waals surface area contributed by atoms with E-state index in [1.807, 2.05) is 12.1 Å². The van der Waals surface area contributed by atoms with Crippen LogP contribution in [0, 0.1) is 0 Å². The van der Waals surface area contributed by atoms with E-state index in [-0.39, 0.29) is 0 Å². The fraction of sp³-hybridized carbons (Fsp3) is 0.125. The average Bonchev–Trinajstić information content (AvgIpc) is 2.50. The lowest BCUT2D eigenvalue weighted by Crippen LogP contribution is -1.79. The molecule has 0 atom stereocenters. The summed E-state index contributed by atoms with van der Waals surface area (Å²) in [6.45, 7) is 0. The number of rotatable bonds is 1. The van der Waals surface area contributed by atoms with Crippen molar-refractivity contribution < 1.29 is 4.42 Å². The quantitative estimate of drug-likeness (QED) is 0.611. The Morgan fingerprint density at radius 3 is 3.27 bits per heavy atom. The molecule has 0 aliphatic heterocycles. The lowest BCUT2D eigenvalue weighted by molar-refractivity contribution is 0.603. The summed E-state index contributed by atoms with van der Waals surface area (Å²) in [6, 6.07) is 3.84. The highest BCUT2D eigenvalue weighted by Gasteiger charge is 1.97. The van der Waals surface area contributed by atoms with E-state index in [2.05, 4.69) is 4.98 Å². The summed E-state index contributed by atoms with van der Waals surface area (Å²) in [5, 5.41) is 1.00. The lowest BCUT2D eigenvalue weighted by atomic mass is 10.2. The third-order valence-corrected chi connectivity index (χ3v) is 1.83. The van der Waals surface area contributed by atoms with Gasteiger partial charge in [-0.1, -0.05) is 0 Å². The largest absolute Gasteiger partial charge is 0.446 e. The molecule has 2 aromatic heterocycles. The van der Waals surface area contributed by atoms with Crippen molar-refractivity contribution in [3.63, 3.8) is 0 Å². The Morgan fingerprint density at radius 1 is 1.55 bits per heavy atom. The summed E-state index contributed by atoms with van der Waals surface area (Å²) < 4.78 is 5.06. The minimum atomic E-state index is 0.494. The van der Waals surface area contributed by atoms with Gasteiger partial charge in [-0.2, -0.15) is 0 Å². The normalized spacial score (nSPS) is 10.6. The molecule has 56 valence electrons. The minimum Gasteiger partial charge on any atom is -0.446 e. The molecule has 0 aromatic carbocycles. The van der Waals surface area contributed by atoms with Crippen molar-refractivity contribution in [2.45, 2.75) is 5.88 Å². The van der Waals surface area contributed by atoms with Gasteiger partial charge in [0.05, 0.1) is 6.26 Å². The van der Waals surface area contributed by atoms with Gasteiger partial charge >= 0.3 is 0 Å². The van der Waals surface area contributed by atoms with Crippen LogP contribution >= 0.6 is 11.6 Å². The van der Waals surface area contributed by atoms with Crippen LogP contribution in [0.4, 0.5) is 0 Å². The highest BCUT2D eigenvalue weighted by atomic mass is 35.5.